The van der Waals surface area contributed by atoms with E-state index in [1.54, 1.807) is 6.08 Å². The van der Waals surface area contributed by atoms with Gasteiger partial charge in [-0.3, -0.25) is 0 Å². The van der Waals surface area contributed by atoms with E-state index in [0.29, 0.717) is 17.8 Å². The van der Waals surface area contributed by atoms with E-state index >= 15 is 0 Å². The van der Waals surface area contributed by atoms with Crippen molar-refractivity contribution in [2.75, 3.05) is 0 Å². The minimum absolute atomic E-state index is 0.195. The lowest BCUT2D eigenvalue weighted by Crippen LogP contribution is -2.17. The molecule has 1 saturated carbocycles. The van der Waals surface area contributed by atoms with Crippen molar-refractivity contribution in [3.63, 3.8) is 0 Å². The lowest BCUT2D eigenvalue weighted by molar-refractivity contribution is -0.141. The van der Waals surface area contributed by atoms with Crippen molar-refractivity contribution >= 4 is 5.97 Å². The van der Waals surface area contributed by atoms with Gasteiger partial charge in [0.15, 0.2) is 0 Å². The number of fused-ring (bicyclic) bond motifs is 3. The molecule has 1 heterocycles. The van der Waals surface area contributed by atoms with Crippen LogP contribution in [0.5, 0.6) is 0 Å². The van der Waals surface area contributed by atoms with E-state index in [0.717, 1.165) is 0 Å². The normalized spacial score (nSPS) is 40.7. The van der Waals surface area contributed by atoms with Gasteiger partial charge in [-0.2, -0.15) is 0 Å². The second-order valence-electron chi connectivity index (χ2n) is 4.98. The van der Waals surface area contributed by atoms with E-state index in [-0.39, 0.29) is 11.6 Å². The largest absolute Gasteiger partial charge is 0.451 e. The molecule has 0 saturated heterocycles. The second-order valence-corrected chi connectivity index (χ2v) is 4.98. The first-order valence-corrected chi connectivity index (χ1v) is 5.97. The summed E-state index contributed by atoms with van der Waals surface area (Å²) in [6.45, 7) is 0. The predicted octanol–water partition coefficient (Wildman–Crippen LogP) is 2.44. The summed E-state index contributed by atoms with van der Waals surface area (Å²) >= 11 is 0. The maximum Gasteiger partial charge on any atom is 0.331 e. The highest BCUT2D eigenvalue weighted by atomic mass is 16.6. The fourth-order valence-corrected chi connectivity index (χ4v) is 3.36. The topological polar surface area (TPSA) is 26.3 Å². The molecule has 1 aromatic carbocycles. The molecule has 1 aliphatic heterocycles. The Kier molecular flexibility index (Phi) is 1.57. The Morgan fingerprint density at radius 3 is 2.65 bits per heavy atom. The summed E-state index contributed by atoms with van der Waals surface area (Å²) in [7, 11) is 0. The zero-order chi connectivity index (χ0) is 11.5. The molecule has 0 amide bonds. The summed E-state index contributed by atoms with van der Waals surface area (Å²) in [5.41, 5.74) is 0.997. The molecule has 17 heavy (non-hydrogen) atoms. The van der Waals surface area contributed by atoms with Gasteiger partial charge in [-0.25, -0.2) is 4.79 Å². The summed E-state index contributed by atoms with van der Waals surface area (Å²) in [4.78, 5) is 11.2. The molecule has 0 N–H and O–H groups in total. The zero-order valence-electron chi connectivity index (χ0n) is 9.24. The Bertz CT molecular complexity index is 543. The molecule has 0 bridgehead atoms. The Morgan fingerprint density at radius 2 is 1.94 bits per heavy atom. The average molecular weight is 224 g/mol. The van der Waals surface area contributed by atoms with Gasteiger partial charge in [0.05, 0.1) is 0 Å². The number of carbonyl (C=O) groups is 1. The highest BCUT2D eigenvalue weighted by Crippen LogP contribution is 2.66. The standard InChI is InChI=1S/C15H12O2/c16-13-8-9-15(17-13)12-7-6-11(14(12)15)10-4-2-1-3-5-10/h1-9,11-12,14H. The average Bonchev–Trinajstić information content (AvgIpc) is 2.73. The SMILES string of the molecule is O=C1C=CC2(O1)C1C=CC(c3ccccc3)C12. The summed E-state index contributed by atoms with van der Waals surface area (Å²) in [6, 6.07) is 10.4. The van der Waals surface area contributed by atoms with Crippen molar-refractivity contribution in [3.05, 3.63) is 60.2 Å². The number of benzene rings is 1. The third kappa shape index (κ3) is 1.08. The van der Waals surface area contributed by atoms with Crippen LogP contribution in [0.15, 0.2) is 54.6 Å². The van der Waals surface area contributed by atoms with E-state index in [9.17, 15) is 4.79 Å². The number of carbonyl (C=O) groups excluding carboxylic acids is 1. The third-order valence-corrected chi connectivity index (χ3v) is 4.17. The van der Waals surface area contributed by atoms with Gasteiger partial charge in [-0.05, 0) is 11.6 Å². The summed E-state index contributed by atoms with van der Waals surface area (Å²) in [5, 5.41) is 0. The lowest BCUT2D eigenvalue weighted by Gasteiger charge is -2.16. The van der Waals surface area contributed by atoms with Gasteiger partial charge in [0, 0.05) is 23.8 Å². The summed E-state index contributed by atoms with van der Waals surface area (Å²) < 4.78 is 5.48. The predicted molar refractivity (Wildman–Crippen MR) is 63.3 cm³/mol. The molecule has 3 aliphatic rings. The van der Waals surface area contributed by atoms with Crippen molar-refractivity contribution in [3.8, 4) is 0 Å². The van der Waals surface area contributed by atoms with Crippen molar-refractivity contribution < 1.29 is 9.53 Å². The van der Waals surface area contributed by atoms with E-state index in [1.807, 2.05) is 12.1 Å². The molecule has 2 aliphatic carbocycles. The monoisotopic (exact) mass is 224 g/mol. The second kappa shape index (κ2) is 2.89. The molecule has 0 radical (unpaired) electrons. The molecular formula is C15H12O2. The molecule has 84 valence electrons. The minimum Gasteiger partial charge on any atom is -0.451 e. The van der Waals surface area contributed by atoms with Gasteiger partial charge in [-0.15, -0.1) is 0 Å². The van der Waals surface area contributed by atoms with Crippen molar-refractivity contribution in [2.45, 2.75) is 11.5 Å². The maximum atomic E-state index is 11.2. The summed E-state index contributed by atoms with van der Waals surface area (Å²) in [5.74, 6) is 0.986. The fraction of sp³-hybridized carbons (Fsp3) is 0.267. The van der Waals surface area contributed by atoms with E-state index in [1.165, 1.54) is 5.56 Å². The Balaban J connectivity index is 1.69. The smallest absolute Gasteiger partial charge is 0.331 e. The van der Waals surface area contributed by atoms with E-state index in [4.69, 9.17) is 4.74 Å². The minimum atomic E-state index is -0.313. The first kappa shape index (κ1) is 9.23. The third-order valence-electron chi connectivity index (χ3n) is 4.17. The quantitative estimate of drug-likeness (QED) is 0.541. The highest BCUT2D eigenvalue weighted by Gasteiger charge is 2.71. The summed E-state index contributed by atoms with van der Waals surface area (Å²) in [6.07, 6.45) is 7.96. The Morgan fingerprint density at radius 1 is 1.12 bits per heavy atom. The Hall–Kier alpha value is -1.83. The first-order valence-electron chi connectivity index (χ1n) is 5.97. The Labute approximate surface area is 99.6 Å². The highest BCUT2D eigenvalue weighted by molar-refractivity contribution is 5.86. The number of esters is 1. The number of rotatable bonds is 1. The van der Waals surface area contributed by atoms with Gasteiger partial charge in [0.2, 0.25) is 0 Å². The number of allylic oxidation sites excluding steroid dienone is 1. The van der Waals surface area contributed by atoms with Crippen molar-refractivity contribution in [2.24, 2.45) is 11.8 Å². The molecular weight excluding hydrogens is 212 g/mol. The number of hydrogen-bond donors (Lipinski definition) is 0. The molecule has 4 atom stereocenters. The number of hydrogen-bond acceptors (Lipinski definition) is 2. The van der Waals surface area contributed by atoms with E-state index < -0.39 is 0 Å². The molecule has 2 nitrogen and oxygen atoms in total. The van der Waals surface area contributed by atoms with Crippen molar-refractivity contribution in [1.29, 1.82) is 0 Å². The zero-order valence-corrected chi connectivity index (χ0v) is 9.24. The van der Waals surface area contributed by atoms with Gasteiger partial charge in [-0.1, -0.05) is 42.5 Å². The molecule has 2 heteroatoms. The fourth-order valence-electron chi connectivity index (χ4n) is 3.36. The van der Waals surface area contributed by atoms with E-state index in [2.05, 4.69) is 36.4 Å². The van der Waals surface area contributed by atoms with Crippen molar-refractivity contribution in [1.82, 2.24) is 0 Å². The van der Waals surface area contributed by atoms with Gasteiger partial charge < -0.3 is 4.74 Å². The van der Waals surface area contributed by atoms with Crippen LogP contribution in [0.3, 0.4) is 0 Å². The molecule has 1 fully saturated rings. The van der Waals surface area contributed by atoms with Gasteiger partial charge in [0.25, 0.3) is 0 Å². The van der Waals surface area contributed by atoms with Crippen LogP contribution < -0.4 is 0 Å². The molecule has 1 aromatic rings. The molecule has 4 rings (SSSR count). The van der Waals surface area contributed by atoms with Crippen LogP contribution in [-0.2, 0) is 9.53 Å². The first-order chi connectivity index (χ1) is 8.31. The van der Waals surface area contributed by atoms with Crippen LogP contribution in [0.2, 0.25) is 0 Å². The lowest BCUT2D eigenvalue weighted by atomic mass is 9.93. The van der Waals surface area contributed by atoms with Crippen LogP contribution in [0, 0.1) is 11.8 Å². The maximum absolute atomic E-state index is 11.2. The molecule has 1 spiro atoms. The number of ether oxygens (including phenoxy) is 1. The van der Waals surface area contributed by atoms with Crippen LogP contribution in [0.1, 0.15) is 11.5 Å². The van der Waals surface area contributed by atoms with Gasteiger partial charge in [0.1, 0.15) is 5.60 Å². The molecule has 0 aromatic heterocycles. The van der Waals surface area contributed by atoms with Crippen LogP contribution in [0.25, 0.3) is 0 Å². The van der Waals surface area contributed by atoms with Crippen LogP contribution in [0.4, 0.5) is 0 Å². The molecule has 4 unspecified atom stereocenters. The van der Waals surface area contributed by atoms with Crippen LogP contribution >= 0.6 is 0 Å². The van der Waals surface area contributed by atoms with Gasteiger partial charge >= 0.3 is 5.97 Å². The van der Waals surface area contributed by atoms with Crippen LogP contribution in [-0.4, -0.2) is 11.6 Å².